The van der Waals surface area contributed by atoms with E-state index in [1.54, 1.807) is 4.90 Å². The standard InChI is InChI=1S/C20H21NO2/c1-15-14-23-20(22)21(15)13-19(18-11-7-4-8-12-18)16(2)17-9-5-3-6-10-17/h3-13,15-16H,14H2,1-2H3/b19-13+/t15-,16-/m1/s1. The minimum atomic E-state index is -0.272. The Labute approximate surface area is 137 Å². The summed E-state index contributed by atoms with van der Waals surface area (Å²) in [5.74, 6) is 0.180. The van der Waals surface area contributed by atoms with Crippen LogP contribution >= 0.6 is 0 Å². The summed E-state index contributed by atoms with van der Waals surface area (Å²) in [7, 11) is 0. The molecule has 2 atom stereocenters. The highest BCUT2D eigenvalue weighted by Gasteiger charge is 2.29. The van der Waals surface area contributed by atoms with Gasteiger partial charge in [0.15, 0.2) is 0 Å². The molecule has 3 nitrogen and oxygen atoms in total. The lowest BCUT2D eigenvalue weighted by atomic mass is 9.88. The van der Waals surface area contributed by atoms with Crippen LogP contribution in [0.3, 0.4) is 0 Å². The van der Waals surface area contributed by atoms with Gasteiger partial charge in [0, 0.05) is 12.1 Å². The summed E-state index contributed by atoms with van der Waals surface area (Å²) < 4.78 is 5.14. The third-order valence-corrected chi connectivity index (χ3v) is 4.29. The van der Waals surface area contributed by atoms with Crippen molar-refractivity contribution in [1.82, 2.24) is 4.90 Å². The molecule has 3 heteroatoms. The van der Waals surface area contributed by atoms with Gasteiger partial charge in [-0.15, -0.1) is 0 Å². The molecule has 2 aromatic carbocycles. The Kier molecular flexibility index (Phi) is 4.47. The number of nitrogens with zero attached hydrogens (tertiary/aromatic N) is 1. The Hall–Kier alpha value is -2.55. The number of allylic oxidation sites excluding steroid dienone is 1. The molecule has 0 N–H and O–H groups in total. The average molecular weight is 307 g/mol. The summed E-state index contributed by atoms with van der Waals surface area (Å²) in [5, 5.41) is 0. The quantitative estimate of drug-likeness (QED) is 0.821. The van der Waals surface area contributed by atoms with Crippen molar-refractivity contribution in [3.05, 3.63) is 78.0 Å². The molecule has 23 heavy (non-hydrogen) atoms. The minimum Gasteiger partial charge on any atom is -0.447 e. The van der Waals surface area contributed by atoms with E-state index in [9.17, 15) is 4.79 Å². The maximum absolute atomic E-state index is 12.0. The van der Waals surface area contributed by atoms with Gasteiger partial charge in [-0.3, -0.25) is 4.90 Å². The zero-order chi connectivity index (χ0) is 16.2. The van der Waals surface area contributed by atoms with Crippen molar-refractivity contribution in [1.29, 1.82) is 0 Å². The number of hydrogen-bond acceptors (Lipinski definition) is 2. The number of hydrogen-bond donors (Lipinski definition) is 0. The largest absolute Gasteiger partial charge is 0.447 e. The van der Waals surface area contributed by atoms with E-state index in [4.69, 9.17) is 4.74 Å². The smallest absolute Gasteiger partial charge is 0.414 e. The first kappa shape index (κ1) is 15.3. The van der Waals surface area contributed by atoms with E-state index in [1.165, 1.54) is 5.56 Å². The summed E-state index contributed by atoms with van der Waals surface area (Å²) in [6.07, 6.45) is 1.68. The molecule has 0 aliphatic carbocycles. The number of carbonyl (C=O) groups excluding carboxylic acids is 1. The van der Waals surface area contributed by atoms with Crippen LogP contribution in [0.5, 0.6) is 0 Å². The number of rotatable bonds is 4. The molecule has 0 spiro atoms. The molecule has 1 aliphatic heterocycles. The molecule has 3 rings (SSSR count). The lowest BCUT2D eigenvalue weighted by Crippen LogP contribution is -2.26. The normalized spacial score (nSPS) is 19.6. The van der Waals surface area contributed by atoms with Gasteiger partial charge in [0.05, 0.1) is 6.04 Å². The Morgan fingerprint density at radius 3 is 2.30 bits per heavy atom. The van der Waals surface area contributed by atoms with E-state index in [-0.39, 0.29) is 18.1 Å². The Morgan fingerprint density at radius 1 is 1.13 bits per heavy atom. The van der Waals surface area contributed by atoms with Crippen LogP contribution in [-0.2, 0) is 4.74 Å². The highest BCUT2D eigenvalue weighted by molar-refractivity contribution is 5.77. The second-order valence-corrected chi connectivity index (χ2v) is 5.92. The SMILES string of the molecule is C[C@@H]1COC(=O)N1/C=C(/c1ccccc1)[C@H](C)c1ccccc1. The average Bonchev–Trinajstić information content (AvgIpc) is 2.92. The van der Waals surface area contributed by atoms with Gasteiger partial charge in [-0.2, -0.15) is 0 Å². The van der Waals surface area contributed by atoms with Crippen LogP contribution in [-0.4, -0.2) is 23.6 Å². The molecular weight excluding hydrogens is 286 g/mol. The molecule has 0 bridgehead atoms. The summed E-state index contributed by atoms with van der Waals surface area (Å²) in [6.45, 7) is 4.61. The van der Waals surface area contributed by atoms with Gasteiger partial charge < -0.3 is 4.74 Å². The first-order chi connectivity index (χ1) is 11.2. The fourth-order valence-corrected chi connectivity index (χ4v) is 2.84. The number of amides is 1. The molecule has 118 valence electrons. The van der Waals surface area contributed by atoms with Gasteiger partial charge >= 0.3 is 6.09 Å². The monoisotopic (exact) mass is 307 g/mol. The van der Waals surface area contributed by atoms with Crippen molar-refractivity contribution >= 4 is 11.7 Å². The van der Waals surface area contributed by atoms with Crippen molar-refractivity contribution in [3.8, 4) is 0 Å². The molecule has 1 aliphatic rings. The Morgan fingerprint density at radius 2 is 1.74 bits per heavy atom. The highest BCUT2D eigenvalue weighted by atomic mass is 16.6. The van der Waals surface area contributed by atoms with Gasteiger partial charge in [-0.25, -0.2) is 4.79 Å². The molecule has 1 fully saturated rings. The van der Waals surface area contributed by atoms with E-state index in [2.05, 4.69) is 31.2 Å². The number of carbonyl (C=O) groups is 1. The van der Waals surface area contributed by atoms with Crippen molar-refractivity contribution in [2.24, 2.45) is 0 Å². The first-order valence-corrected chi connectivity index (χ1v) is 7.94. The molecule has 2 aromatic rings. The van der Waals surface area contributed by atoms with E-state index in [1.807, 2.05) is 49.5 Å². The highest BCUT2D eigenvalue weighted by Crippen LogP contribution is 2.33. The predicted octanol–water partition coefficient (Wildman–Crippen LogP) is 4.67. The van der Waals surface area contributed by atoms with Crippen LogP contribution in [0.2, 0.25) is 0 Å². The van der Waals surface area contributed by atoms with E-state index in [0.717, 1.165) is 11.1 Å². The fraction of sp³-hybridized carbons (Fsp3) is 0.250. The fourth-order valence-electron chi connectivity index (χ4n) is 2.84. The second-order valence-electron chi connectivity index (χ2n) is 5.92. The third-order valence-electron chi connectivity index (χ3n) is 4.29. The summed E-state index contributed by atoms with van der Waals surface area (Å²) >= 11 is 0. The number of ether oxygens (including phenoxy) is 1. The topological polar surface area (TPSA) is 29.5 Å². The third kappa shape index (κ3) is 3.29. The molecule has 1 saturated heterocycles. The molecule has 0 saturated carbocycles. The van der Waals surface area contributed by atoms with Crippen molar-refractivity contribution in [2.45, 2.75) is 25.8 Å². The number of benzene rings is 2. The van der Waals surface area contributed by atoms with Gasteiger partial charge in [0.1, 0.15) is 6.61 Å². The van der Waals surface area contributed by atoms with Gasteiger partial charge in [0.2, 0.25) is 0 Å². The molecule has 0 unspecified atom stereocenters. The summed E-state index contributed by atoms with van der Waals surface area (Å²) in [4.78, 5) is 13.7. The van der Waals surface area contributed by atoms with Crippen molar-refractivity contribution in [3.63, 3.8) is 0 Å². The summed E-state index contributed by atoms with van der Waals surface area (Å²) in [6, 6.07) is 20.6. The predicted molar refractivity (Wildman–Crippen MR) is 91.9 cm³/mol. The maximum Gasteiger partial charge on any atom is 0.414 e. The van der Waals surface area contributed by atoms with Gasteiger partial charge in [-0.05, 0) is 23.6 Å². The van der Waals surface area contributed by atoms with Crippen LogP contribution in [0.1, 0.15) is 30.9 Å². The molecule has 0 aromatic heterocycles. The zero-order valence-corrected chi connectivity index (χ0v) is 13.5. The molecule has 0 radical (unpaired) electrons. The summed E-state index contributed by atoms with van der Waals surface area (Å²) in [5.41, 5.74) is 3.46. The van der Waals surface area contributed by atoms with Crippen LogP contribution in [0.4, 0.5) is 4.79 Å². The molecule has 1 amide bonds. The van der Waals surface area contributed by atoms with Crippen LogP contribution in [0, 0.1) is 0 Å². The van der Waals surface area contributed by atoms with Crippen molar-refractivity contribution < 1.29 is 9.53 Å². The van der Waals surface area contributed by atoms with Crippen LogP contribution in [0.25, 0.3) is 5.57 Å². The van der Waals surface area contributed by atoms with E-state index in [0.29, 0.717) is 6.61 Å². The molecule has 1 heterocycles. The zero-order valence-electron chi connectivity index (χ0n) is 13.5. The van der Waals surface area contributed by atoms with Gasteiger partial charge in [-0.1, -0.05) is 67.6 Å². The number of cyclic esters (lactones) is 1. The minimum absolute atomic E-state index is 0.0594. The second kappa shape index (κ2) is 6.69. The van der Waals surface area contributed by atoms with E-state index >= 15 is 0 Å². The Bertz CT molecular complexity index is 694. The molecular formula is C20H21NO2. The van der Waals surface area contributed by atoms with Gasteiger partial charge in [0.25, 0.3) is 0 Å². The first-order valence-electron chi connectivity index (χ1n) is 7.94. The van der Waals surface area contributed by atoms with E-state index < -0.39 is 0 Å². The van der Waals surface area contributed by atoms with Crippen molar-refractivity contribution in [2.75, 3.05) is 6.61 Å². The van der Waals surface area contributed by atoms with Crippen LogP contribution < -0.4 is 0 Å². The lowest BCUT2D eigenvalue weighted by molar-refractivity contribution is 0.166. The van der Waals surface area contributed by atoms with Crippen LogP contribution in [0.15, 0.2) is 66.9 Å². The lowest BCUT2D eigenvalue weighted by Gasteiger charge is -2.21. The Balaban J connectivity index is 2.02. The maximum atomic E-state index is 12.0.